The van der Waals surface area contributed by atoms with Crippen molar-refractivity contribution in [3.8, 4) is 0 Å². The predicted molar refractivity (Wildman–Crippen MR) is 81.4 cm³/mol. The van der Waals surface area contributed by atoms with Gasteiger partial charge in [0.25, 0.3) is 0 Å². The summed E-state index contributed by atoms with van der Waals surface area (Å²) in [5.74, 6) is 0.893. The van der Waals surface area contributed by atoms with Gasteiger partial charge in [-0.25, -0.2) is 8.78 Å². The zero-order valence-corrected chi connectivity index (χ0v) is 13.7. The number of alkyl halides is 2. The number of halogens is 2. The van der Waals surface area contributed by atoms with Gasteiger partial charge in [0.1, 0.15) is 6.61 Å². The molecule has 0 heterocycles. The number of rotatable bonds is 12. The van der Waals surface area contributed by atoms with Crippen molar-refractivity contribution in [1.82, 2.24) is 0 Å². The topological polar surface area (TPSA) is 26.3 Å². The van der Waals surface area contributed by atoms with Crippen molar-refractivity contribution in [2.45, 2.75) is 71.0 Å². The molecule has 0 rings (SSSR count). The molecule has 20 heavy (non-hydrogen) atoms. The first-order valence-corrected chi connectivity index (χ1v) is 8.55. The third kappa shape index (κ3) is 12.7. The Balaban J connectivity index is 3.49. The monoisotopic (exact) mass is 310 g/mol. The summed E-state index contributed by atoms with van der Waals surface area (Å²) in [5, 5.41) is 0.269. The molecule has 0 fully saturated rings. The fourth-order valence-electron chi connectivity index (χ4n) is 1.79. The Labute approximate surface area is 126 Å². The molecule has 0 aromatic rings. The fraction of sp³-hybridized carbons (Fsp3) is 0.933. The van der Waals surface area contributed by atoms with Crippen molar-refractivity contribution in [3.05, 3.63) is 0 Å². The van der Waals surface area contributed by atoms with Crippen molar-refractivity contribution in [1.29, 1.82) is 0 Å². The lowest BCUT2D eigenvalue weighted by Crippen LogP contribution is -2.13. The summed E-state index contributed by atoms with van der Waals surface area (Å²) in [4.78, 5) is 11.3. The normalized spacial score (nSPS) is 14.3. The van der Waals surface area contributed by atoms with Crippen molar-refractivity contribution < 1.29 is 18.3 Å². The first-order valence-electron chi connectivity index (χ1n) is 7.51. The number of hydrogen-bond acceptors (Lipinski definition) is 3. The molecule has 0 aliphatic carbocycles. The van der Waals surface area contributed by atoms with E-state index in [4.69, 9.17) is 4.74 Å². The smallest absolute Gasteiger partial charge is 0.305 e. The Kier molecular flexibility index (Phi) is 12.2. The molecule has 0 aliphatic heterocycles. The molecule has 0 aromatic heterocycles. The summed E-state index contributed by atoms with van der Waals surface area (Å²) in [6.07, 6.45) is 1.94. The molecule has 0 spiro atoms. The molecular weight excluding hydrogens is 282 g/mol. The molecule has 0 bridgehead atoms. The van der Waals surface area contributed by atoms with E-state index in [1.807, 2.05) is 20.8 Å². The van der Waals surface area contributed by atoms with Crippen molar-refractivity contribution in [3.63, 3.8) is 0 Å². The van der Waals surface area contributed by atoms with Gasteiger partial charge in [-0.3, -0.25) is 4.79 Å². The number of hydrogen-bond donors (Lipinski definition) is 0. The van der Waals surface area contributed by atoms with Crippen LogP contribution in [0.4, 0.5) is 8.78 Å². The first kappa shape index (κ1) is 19.7. The van der Waals surface area contributed by atoms with E-state index >= 15 is 0 Å². The van der Waals surface area contributed by atoms with Gasteiger partial charge in [0.05, 0.1) is 0 Å². The van der Waals surface area contributed by atoms with Crippen LogP contribution in [0.5, 0.6) is 0 Å². The highest BCUT2D eigenvalue weighted by Gasteiger charge is 2.11. The third-order valence-electron chi connectivity index (χ3n) is 3.04. The van der Waals surface area contributed by atoms with Crippen molar-refractivity contribution >= 4 is 17.7 Å². The van der Waals surface area contributed by atoms with Crippen molar-refractivity contribution in [2.24, 2.45) is 5.92 Å². The fourth-order valence-corrected chi connectivity index (χ4v) is 2.69. The maximum atomic E-state index is 12.1. The highest BCUT2D eigenvalue weighted by molar-refractivity contribution is 7.99. The molecule has 0 saturated carbocycles. The Morgan fingerprint density at radius 2 is 1.95 bits per heavy atom. The molecule has 2 nitrogen and oxygen atoms in total. The largest absolute Gasteiger partial charge is 0.465 e. The Hall–Kier alpha value is -0.320. The minimum atomic E-state index is -2.20. The summed E-state index contributed by atoms with van der Waals surface area (Å²) in [5.41, 5.74) is 0. The molecule has 0 aliphatic rings. The Morgan fingerprint density at radius 1 is 1.25 bits per heavy atom. The maximum absolute atomic E-state index is 12.1. The predicted octanol–water partition coefficient (Wildman–Crippen LogP) is 4.91. The second-order valence-corrected chi connectivity index (χ2v) is 6.89. The van der Waals surface area contributed by atoms with Gasteiger partial charge in [0, 0.05) is 18.1 Å². The number of unbranched alkanes of at least 4 members (excludes halogenated alkanes) is 1. The Bertz CT molecular complexity index is 250. The van der Waals surface area contributed by atoms with Crippen LogP contribution in [-0.4, -0.2) is 30.0 Å². The van der Waals surface area contributed by atoms with Gasteiger partial charge in [-0.05, 0) is 37.9 Å². The van der Waals surface area contributed by atoms with E-state index < -0.39 is 6.43 Å². The van der Waals surface area contributed by atoms with Crippen LogP contribution in [0.1, 0.15) is 59.3 Å². The lowest BCUT2D eigenvalue weighted by molar-refractivity contribution is -0.143. The van der Waals surface area contributed by atoms with Crippen LogP contribution in [-0.2, 0) is 9.53 Å². The summed E-state index contributed by atoms with van der Waals surface area (Å²) in [7, 11) is 0. The van der Waals surface area contributed by atoms with Gasteiger partial charge in [0.15, 0.2) is 0 Å². The quantitative estimate of drug-likeness (QED) is 0.378. The molecule has 5 heteroatoms. The van der Waals surface area contributed by atoms with E-state index in [1.165, 1.54) is 0 Å². The number of carbonyl (C=O) groups excluding carboxylic acids is 1. The molecule has 0 amide bonds. The van der Waals surface area contributed by atoms with E-state index in [2.05, 4.69) is 0 Å². The average molecular weight is 310 g/mol. The van der Waals surface area contributed by atoms with E-state index in [1.54, 1.807) is 11.8 Å². The molecule has 2 unspecified atom stereocenters. The van der Waals surface area contributed by atoms with Crippen LogP contribution in [0.25, 0.3) is 0 Å². The van der Waals surface area contributed by atoms with Crippen LogP contribution in [0.2, 0.25) is 0 Å². The van der Waals surface area contributed by atoms with E-state index in [-0.39, 0.29) is 23.6 Å². The zero-order valence-electron chi connectivity index (χ0n) is 12.9. The molecule has 0 saturated heterocycles. The van der Waals surface area contributed by atoms with Crippen LogP contribution in [0.15, 0.2) is 0 Å². The average Bonchev–Trinajstić information content (AvgIpc) is 2.38. The standard InChI is InChI=1S/C15H28F2O2S/c1-4-5-8-15(18)19-11-13(3)20-9-6-7-12(2)10-14(16)17/h12-14H,4-11H2,1-3H3. The first-order chi connectivity index (χ1) is 9.45. The number of esters is 1. The van der Waals surface area contributed by atoms with Gasteiger partial charge < -0.3 is 4.74 Å². The van der Waals surface area contributed by atoms with Gasteiger partial charge in [-0.2, -0.15) is 11.8 Å². The van der Waals surface area contributed by atoms with E-state index in [0.717, 1.165) is 31.4 Å². The summed E-state index contributed by atoms with van der Waals surface area (Å²) >= 11 is 1.74. The molecule has 120 valence electrons. The summed E-state index contributed by atoms with van der Waals surface area (Å²) in [6.45, 7) is 6.39. The van der Waals surface area contributed by atoms with E-state index in [0.29, 0.717) is 13.0 Å². The van der Waals surface area contributed by atoms with E-state index in [9.17, 15) is 13.6 Å². The third-order valence-corrected chi connectivity index (χ3v) is 4.27. The highest BCUT2D eigenvalue weighted by atomic mass is 32.2. The lowest BCUT2D eigenvalue weighted by atomic mass is 10.0. The van der Waals surface area contributed by atoms with Crippen LogP contribution in [0.3, 0.4) is 0 Å². The van der Waals surface area contributed by atoms with Gasteiger partial charge >= 0.3 is 5.97 Å². The van der Waals surface area contributed by atoms with Crippen LogP contribution in [0, 0.1) is 5.92 Å². The van der Waals surface area contributed by atoms with Gasteiger partial charge in [-0.15, -0.1) is 0 Å². The highest BCUT2D eigenvalue weighted by Crippen LogP contribution is 2.19. The van der Waals surface area contributed by atoms with Gasteiger partial charge in [-0.1, -0.05) is 20.3 Å². The zero-order chi connectivity index (χ0) is 15.4. The lowest BCUT2D eigenvalue weighted by Gasteiger charge is -2.13. The van der Waals surface area contributed by atoms with Crippen LogP contribution >= 0.6 is 11.8 Å². The molecule has 0 aromatic carbocycles. The van der Waals surface area contributed by atoms with Crippen molar-refractivity contribution in [2.75, 3.05) is 12.4 Å². The number of carbonyl (C=O) groups is 1. The summed E-state index contributed by atoms with van der Waals surface area (Å²) in [6, 6.07) is 0. The summed E-state index contributed by atoms with van der Waals surface area (Å²) < 4.78 is 29.4. The number of thioether (sulfide) groups is 1. The second-order valence-electron chi connectivity index (χ2n) is 5.34. The second kappa shape index (κ2) is 12.4. The Morgan fingerprint density at radius 3 is 2.55 bits per heavy atom. The molecule has 0 N–H and O–H groups in total. The minimum Gasteiger partial charge on any atom is -0.465 e. The molecule has 0 radical (unpaired) electrons. The van der Waals surface area contributed by atoms with Gasteiger partial charge in [0.2, 0.25) is 6.43 Å². The molecule has 2 atom stereocenters. The SMILES string of the molecule is CCCCC(=O)OCC(C)SCCCC(C)CC(F)F. The maximum Gasteiger partial charge on any atom is 0.305 e. The minimum absolute atomic E-state index is 0.00470. The number of ether oxygens (including phenoxy) is 1. The van der Waals surface area contributed by atoms with Crippen LogP contribution < -0.4 is 0 Å². The molecular formula is C15H28F2O2S.